The maximum atomic E-state index is 11.7. The monoisotopic (exact) mass is 276 g/mol. The molecule has 0 spiro atoms. The average Bonchev–Trinajstić information content (AvgIpc) is 2.77. The third-order valence-electron chi connectivity index (χ3n) is 3.66. The second-order valence-electron chi connectivity index (χ2n) is 5.22. The van der Waals surface area contributed by atoms with E-state index in [0.717, 1.165) is 30.0 Å². The summed E-state index contributed by atoms with van der Waals surface area (Å²) in [7, 11) is 1.79. The van der Waals surface area contributed by atoms with E-state index in [1.807, 2.05) is 18.2 Å². The first kappa shape index (κ1) is 14.9. The quantitative estimate of drug-likeness (QED) is 0.717. The van der Waals surface area contributed by atoms with E-state index >= 15 is 0 Å². The smallest absolute Gasteiger partial charge is 0.246 e. The van der Waals surface area contributed by atoms with Crippen molar-refractivity contribution in [2.75, 3.05) is 19.0 Å². The van der Waals surface area contributed by atoms with Gasteiger partial charge in [-0.05, 0) is 19.5 Å². The van der Waals surface area contributed by atoms with Crippen molar-refractivity contribution in [2.45, 2.75) is 45.1 Å². The molecule has 0 saturated heterocycles. The maximum Gasteiger partial charge on any atom is 0.246 e. The summed E-state index contributed by atoms with van der Waals surface area (Å²) < 4.78 is 5.74. The molecule has 1 amide bonds. The highest BCUT2D eigenvalue weighted by atomic mass is 16.5. The molecule has 0 fully saturated rings. The molecule has 2 N–H and O–H groups in total. The zero-order valence-electron chi connectivity index (χ0n) is 12.4. The molecular formula is C16H24N2O2. The number of carbonyl (C=O) groups is 1. The molecule has 2 rings (SSSR count). The van der Waals surface area contributed by atoms with Gasteiger partial charge in [0.15, 0.2) is 0 Å². The number of hydrogen-bond acceptors (Lipinski definition) is 3. The Hall–Kier alpha value is -1.55. The molecule has 0 saturated carbocycles. The van der Waals surface area contributed by atoms with Crippen LogP contribution in [0, 0.1) is 0 Å². The summed E-state index contributed by atoms with van der Waals surface area (Å²) in [5, 5.41) is 5.88. The fourth-order valence-corrected chi connectivity index (χ4v) is 2.51. The van der Waals surface area contributed by atoms with Crippen molar-refractivity contribution in [3.8, 4) is 5.75 Å². The van der Waals surface area contributed by atoms with Gasteiger partial charge in [-0.1, -0.05) is 38.7 Å². The number of carbonyl (C=O) groups excluding carboxylic acids is 1. The minimum atomic E-state index is -0.243. The number of hydrogen-bond donors (Lipinski definition) is 2. The molecule has 4 nitrogen and oxygen atoms in total. The molecule has 1 aromatic carbocycles. The van der Waals surface area contributed by atoms with Gasteiger partial charge in [0, 0.05) is 17.3 Å². The lowest BCUT2D eigenvalue weighted by Gasteiger charge is -2.09. The Morgan fingerprint density at radius 2 is 2.05 bits per heavy atom. The summed E-state index contributed by atoms with van der Waals surface area (Å²) in [5.74, 6) is 0.829. The van der Waals surface area contributed by atoms with Gasteiger partial charge >= 0.3 is 0 Å². The second kappa shape index (κ2) is 7.29. The van der Waals surface area contributed by atoms with Crippen molar-refractivity contribution in [2.24, 2.45) is 0 Å². The van der Waals surface area contributed by atoms with Gasteiger partial charge in [-0.3, -0.25) is 4.79 Å². The van der Waals surface area contributed by atoms with Gasteiger partial charge in [0.1, 0.15) is 11.8 Å². The molecule has 0 bridgehead atoms. The van der Waals surface area contributed by atoms with Gasteiger partial charge < -0.3 is 15.4 Å². The van der Waals surface area contributed by atoms with Gasteiger partial charge in [-0.15, -0.1) is 0 Å². The third kappa shape index (κ3) is 3.51. The summed E-state index contributed by atoms with van der Waals surface area (Å²) in [5.41, 5.74) is 1.85. The van der Waals surface area contributed by atoms with Crippen LogP contribution in [0.25, 0.3) is 0 Å². The molecule has 0 aliphatic carbocycles. The molecule has 0 aromatic heterocycles. The van der Waals surface area contributed by atoms with Crippen LogP contribution < -0.4 is 15.4 Å². The van der Waals surface area contributed by atoms with E-state index in [1.165, 1.54) is 25.7 Å². The fourth-order valence-electron chi connectivity index (χ4n) is 2.51. The molecule has 1 aromatic rings. The molecule has 4 heteroatoms. The maximum absolute atomic E-state index is 11.7. The number of fused-ring (bicyclic) bond motifs is 1. The topological polar surface area (TPSA) is 50.4 Å². The lowest BCUT2D eigenvalue weighted by molar-refractivity contribution is -0.117. The molecule has 0 radical (unpaired) electrons. The Balaban J connectivity index is 1.83. The molecular weight excluding hydrogens is 252 g/mol. The largest absolute Gasteiger partial charge is 0.494 e. The van der Waals surface area contributed by atoms with Crippen molar-refractivity contribution < 1.29 is 9.53 Å². The van der Waals surface area contributed by atoms with E-state index in [9.17, 15) is 4.79 Å². The van der Waals surface area contributed by atoms with Gasteiger partial charge in [0.05, 0.1) is 6.61 Å². The van der Waals surface area contributed by atoms with Crippen LogP contribution >= 0.6 is 0 Å². The van der Waals surface area contributed by atoms with E-state index in [-0.39, 0.29) is 11.9 Å². The predicted molar refractivity (Wildman–Crippen MR) is 81.1 cm³/mol. The van der Waals surface area contributed by atoms with Gasteiger partial charge in [-0.2, -0.15) is 0 Å². The Morgan fingerprint density at radius 3 is 2.80 bits per heavy atom. The first-order chi connectivity index (χ1) is 9.76. The standard InChI is InChI=1S/C16H24N2O2/c1-3-4-5-6-7-10-20-12-8-9-13-14(11-12)18-16(19)15(13)17-2/h8-9,11,15,17H,3-7,10H2,1-2H3,(H,18,19). The van der Waals surface area contributed by atoms with Crippen LogP contribution in [0.15, 0.2) is 18.2 Å². The van der Waals surface area contributed by atoms with Crippen LogP contribution in [-0.4, -0.2) is 19.6 Å². The zero-order chi connectivity index (χ0) is 14.4. The Kier molecular flexibility index (Phi) is 5.41. The Morgan fingerprint density at radius 1 is 1.25 bits per heavy atom. The summed E-state index contributed by atoms with van der Waals surface area (Å²) in [6.45, 7) is 2.96. The second-order valence-corrected chi connectivity index (χ2v) is 5.22. The highest BCUT2D eigenvalue weighted by Gasteiger charge is 2.29. The minimum Gasteiger partial charge on any atom is -0.494 e. The van der Waals surface area contributed by atoms with Crippen molar-refractivity contribution in [3.05, 3.63) is 23.8 Å². The van der Waals surface area contributed by atoms with Crippen molar-refractivity contribution in [1.29, 1.82) is 0 Å². The summed E-state index contributed by atoms with van der Waals surface area (Å²) in [6.07, 6.45) is 6.15. The van der Waals surface area contributed by atoms with Crippen LogP contribution in [0.5, 0.6) is 5.75 Å². The van der Waals surface area contributed by atoms with Gasteiger partial charge in [0.2, 0.25) is 5.91 Å². The highest BCUT2D eigenvalue weighted by Crippen LogP contribution is 2.33. The van der Waals surface area contributed by atoms with Crippen LogP contribution in [0.4, 0.5) is 5.69 Å². The number of unbranched alkanes of at least 4 members (excludes halogenated alkanes) is 4. The van der Waals surface area contributed by atoms with Crippen molar-refractivity contribution in [1.82, 2.24) is 5.32 Å². The molecule has 20 heavy (non-hydrogen) atoms. The molecule has 1 aliphatic heterocycles. The van der Waals surface area contributed by atoms with E-state index in [2.05, 4.69) is 17.6 Å². The van der Waals surface area contributed by atoms with Gasteiger partial charge in [0.25, 0.3) is 0 Å². The number of ether oxygens (including phenoxy) is 1. The first-order valence-electron chi connectivity index (χ1n) is 7.51. The molecule has 110 valence electrons. The number of amides is 1. The zero-order valence-corrected chi connectivity index (χ0v) is 12.4. The van der Waals surface area contributed by atoms with Crippen molar-refractivity contribution >= 4 is 11.6 Å². The first-order valence-corrected chi connectivity index (χ1v) is 7.51. The summed E-state index contributed by atoms with van der Waals surface area (Å²) >= 11 is 0. The molecule has 1 atom stereocenters. The van der Waals surface area contributed by atoms with Crippen LogP contribution in [0.3, 0.4) is 0 Å². The van der Waals surface area contributed by atoms with E-state index < -0.39 is 0 Å². The third-order valence-corrected chi connectivity index (χ3v) is 3.66. The lowest BCUT2D eigenvalue weighted by Crippen LogP contribution is -2.23. The van der Waals surface area contributed by atoms with Crippen LogP contribution in [0.2, 0.25) is 0 Å². The normalized spacial score (nSPS) is 16.9. The van der Waals surface area contributed by atoms with E-state index in [0.29, 0.717) is 0 Å². The summed E-state index contributed by atoms with van der Waals surface area (Å²) in [6, 6.07) is 5.57. The van der Waals surface area contributed by atoms with Crippen LogP contribution in [0.1, 0.15) is 50.6 Å². The van der Waals surface area contributed by atoms with Crippen molar-refractivity contribution in [3.63, 3.8) is 0 Å². The SMILES string of the molecule is CCCCCCCOc1ccc2c(c1)NC(=O)C2NC. The number of likely N-dealkylation sites (N-methyl/N-ethyl adjacent to an activating group) is 1. The van der Waals surface area contributed by atoms with E-state index in [1.54, 1.807) is 7.05 Å². The number of benzene rings is 1. The molecule has 1 heterocycles. The Labute approximate surface area is 120 Å². The minimum absolute atomic E-state index is 0.000726. The number of anilines is 1. The number of nitrogens with one attached hydrogen (secondary N) is 2. The van der Waals surface area contributed by atoms with Crippen LogP contribution in [-0.2, 0) is 4.79 Å². The highest BCUT2D eigenvalue weighted by molar-refractivity contribution is 6.02. The fraction of sp³-hybridized carbons (Fsp3) is 0.562. The average molecular weight is 276 g/mol. The van der Waals surface area contributed by atoms with Gasteiger partial charge in [-0.25, -0.2) is 0 Å². The summed E-state index contributed by atoms with van der Waals surface area (Å²) in [4.78, 5) is 11.7. The van der Waals surface area contributed by atoms with E-state index in [4.69, 9.17) is 4.74 Å². The lowest BCUT2D eigenvalue weighted by atomic mass is 10.1. The predicted octanol–water partition coefficient (Wildman–Crippen LogP) is 3.25. The number of rotatable bonds is 8. The molecule has 1 unspecified atom stereocenters. The molecule has 1 aliphatic rings. The Bertz CT molecular complexity index is 460.